The Labute approximate surface area is 92.4 Å². The van der Waals surface area contributed by atoms with Crippen LogP contribution in [-0.2, 0) is 0 Å². The molecule has 0 aliphatic heterocycles. The van der Waals surface area contributed by atoms with Crippen LogP contribution in [0.5, 0.6) is 0 Å². The maximum absolute atomic E-state index is 2.52. The summed E-state index contributed by atoms with van der Waals surface area (Å²) >= 11 is -0.895. The molecule has 0 heterocycles. The van der Waals surface area contributed by atoms with Crippen LogP contribution < -0.4 is 0 Å². The van der Waals surface area contributed by atoms with Crippen molar-refractivity contribution in [3.05, 3.63) is 0 Å². The second kappa shape index (κ2) is 8.16. The van der Waals surface area contributed by atoms with Crippen LogP contribution in [0.15, 0.2) is 0 Å². The Morgan fingerprint density at radius 3 is 2.15 bits per heavy atom. The van der Waals surface area contributed by atoms with Crippen LogP contribution in [-0.4, -0.2) is 46.5 Å². The van der Waals surface area contributed by atoms with Gasteiger partial charge in [0.05, 0.1) is 0 Å². The molecule has 2 heteroatoms. The van der Waals surface area contributed by atoms with Crippen LogP contribution >= 0.6 is 0 Å². The summed E-state index contributed by atoms with van der Waals surface area (Å²) in [6, 6.07) is 0.843. The van der Waals surface area contributed by atoms with Crippen molar-refractivity contribution < 1.29 is 0 Å². The Kier molecular flexibility index (Phi) is 8.69. The summed E-state index contributed by atoms with van der Waals surface area (Å²) in [6.07, 6.45) is 5.61. The molecule has 1 atom stereocenters. The molecule has 0 saturated carbocycles. The standard InChI is InChI=1S/C9H20N.2CH3.In/c1-5-7-9(8-6-2)10(3)4;;;/h9H,1,5-8H2,2-4H3;2*1H3;. The van der Waals surface area contributed by atoms with Gasteiger partial charge < -0.3 is 0 Å². The summed E-state index contributed by atoms with van der Waals surface area (Å²) in [5.41, 5.74) is 0. The molecule has 0 spiro atoms. The second-order valence-corrected chi connectivity index (χ2v) is 14.3. The normalized spacial score (nSPS) is 13.4. The second-order valence-electron chi connectivity index (χ2n) is 4.73. The maximum atomic E-state index is 2.52. The predicted molar refractivity (Wildman–Crippen MR) is 63.9 cm³/mol. The van der Waals surface area contributed by atoms with E-state index in [9.17, 15) is 0 Å². The van der Waals surface area contributed by atoms with Crippen LogP contribution in [0.25, 0.3) is 0 Å². The van der Waals surface area contributed by atoms with E-state index >= 15 is 0 Å². The fourth-order valence-corrected chi connectivity index (χ4v) is 4.76. The zero-order chi connectivity index (χ0) is 10.3. The summed E-state index contributed by atoms with van der Waals surface area (Å²) < 4.78 is 6.63. The Bertz CT molecular complexity index is 113. The quantitative estimate of drug-likeness (QED) is 0.694. The molecule has 0 saturated heterocycles. The van der Waals surface area contributed by atoms with Crippen LogP contribution in [0.4, 0.5) is 0 Å². The van der Waals surface area contributed by atoms with Crippen molar-refractivity contribution in [3.63, 3.8) is 0 Å². The van der Waals surface area contributed by atoms with E-state index < -0.39 is 21.4 Å². The molecule has 0 aromatic rings. The molecular weight excluding hydrogens is 261 g/mol. The number of hydrogen-bond donors (Lipinski definition) is 0. The van der Waals surface area contributed by atoms with Gasteiger partial charge in [0.25, 0.3) is 0 Å². The molecule has 0 fully saturated rings. The summed E-state index contributed by atoms with van der Waals surface area (Å²) in [5, 5.41) is 0. The van der Waals surface area contributed by atoms with Gasteiger partial charge in [0, 0.05) is 0 Å². The van der Waals surface area contributed by atoms with Gasteiger partial charge in [-0.3, -0.25) is 0 Å². The van der Waals surface area contributed by atoms with Gasteiger partial charge in [-0.1, -0.05) is 0 Å². The van der Waals surface area contributed by atoms with Gasteiger partial charge in [-0.25, -0.2) is 0 Å². The molecule has 0 aliphatic carbocycles. The third kappa shape index (κ3) is 7.87. The Morgan fingerprint density at radius 2 is 1.77 bits per heavy atom. The molecule has 0 aliphatic rings. The number of rotatable bonds is 7. The van der Waals surface area contributed by atoms with E-state index in [1.54, 1.807) is 4.18 Å². The van der Waals surface area contributed by atoms with Crippen molar-refractivity contribution in [1.82, 2.24) is 4.90 Å². The molecule has 0 rings (SSSR count). The van der Waals surface area contributed by atoms with Gasteiger partial charge in [0.1, 0.15) is 0 Å². The molecular formula is C11H26InN. The fraction of sp³-hybridized carbons (Fsp3) is 1.00. The van der Waals surface area contributed by atoms with Gasteiger partial charge in [0.2, 0.25) is 0 Å². The van der Waals surface area contributed by atoms with Crippen molar-refractivity contribution in [3.8, 4) is 0 Å². The zero-order valence-electron chi connectivity index (χ0n) is 10.1. The molecule has 0 amide bonds. The SMILES string of the molecule is CCCC(CC[CH2][In]([CH3])[CH3])N(C)C. The van der Waals surface area contributed by atoms with E-state index in [1.165, 1.54) is 25.7 Å². The fourth-order valence-electron chi connectivity index (χ4n) is 1.76. The minimum absolute atomic E-state index is 0.843. The molecule has 1 nitrogen and oxygen atoms in total. The Balaban J connectivity index is 3.57. The number of nitrogens with zero attached hydrogens (tertiary/aromatic N) is 1. The Hall–Kier alpha value is 0.830. The van der Waals surface area contributed by atoms with E-state index in [1.807, 2.05) is 0 Å². The molecule has 0 aromatic carbocycles. The molecule has 78 valence electrons. The van der Waals surface area contributed by atoms with E-state index in [4.69, 9.17) is 0 Å². The summed E-state index contributed by atoms with van der Waals surface area (Å²) in [6.45, 7) is 2.29. The molecule has 0 bridgehead atoms. The van der Waals surface area contributed by atoms with Crippen LogP contribution in [0, 0.1) is 0 Å². The van der Waals surface area contributed by atoms with Gasteiger partial charge in [-0.15, -0.1) is 0 Å². The zero-order valence-corrected chi connectivity index (χ0v) is 13.4. The number of hydrogen-bond acceptors (Lipinski definition) is 1. The Morgan fingerprint density at radius 1 is 1.15 bits per heavy atom. The van der Waals surface area contributed by atoms with Crippen LogP contribution in [0.2, 0.25) is 13.5 Å². The molecule has 0 aromatic heterocycles. The van der Waals surface area contributed by atoms with Crippen molar-refractivity contribution in [2.45, 2.75) is 52.2 Å². The molecule has 0 radical (unpaired) electrons. The first-order valence-electron chi connectivity index (χ1n) is 5.74. The minimum atomic E-state index is -0.895. The van der Waals surface area contributed by atoms with Crippen molar-refractivity contribution in [1.29, 1.82) is 0 Å². The van der Waals surface area contributed by atoms with Crippen molar-refractivity contribution >= 4 is 21.4 Å². The first kappa shape index (κ1) is 13.8. The summed E-state index contributed by atoms with van der Waals surface area (Å²) in [5.74, 6) is 0. The van der Waals surface area contributed by atoms with Crippen LogP contribution in [0.3, 0.4) is 0 Å². The third-order valence-electron chi connectivity index (χ3n) is 2.67. The monoisotopic (exact) mass is 287 g/mol. The third-order valence-corrected chi connectivity index (χ3v) is 7.13. The predicted octanol–water partition coefficient (Wildman–Crippen LogP) is 3.25. The molecule has 13 heavy (non-hydrogen) atoms. The molecule has 1 unspecified atom stereocenters. The summed E-state index contributed by atoms with van der Waals surface area (Å²) in [4.78, 5) is 2.40. The van der Waals surface area contributed by atoms with E-state index in [0.717, 1.165) is 6.04 Å². The van der Waals surface area contributed by atoms with E-state index in [-0.39, 0.29) is 0 Å². The van der Waals surface area contributed by atoms with Crippen molar-refractivity contribution in [2.75, 3.05) is 14.1 Å². The van der Waals surface area contributed by atoms with Crippen LogP contribution in [0.1, 0.15) is 32.6 Å². The summed E-state index contributed by atoms with van der Waals surface area (Å²) in [7, 11) is 4.44. The van der Waals surface area contributed by atoms with Gasteiger partial charge in [-0.2, -0.15) is 0 Å². The van der Waals surface area contributed by atoms with E-state index in [0.29, 0.717) is 0 Å². The average Bonchev–Trinajstić information content (AvgIpc) is 2.02. The van der Waals surface area contributed by atoms with Crippen molar-refractivity contribution in [2.24, 2.45) is 0 Å². The van der Waals surface area contributed by atoms with Gasteiger partial charge in [0.15, 0.2) is 0 Å². The van der Waals surface area contributed by atoms with E-state index in [2.05, 4.69) is 35.3 Å². The first-order valence-corrected chi connectivity index (χ1v) is 14.7. The van der Waals surface area contributed by atoms with Gasteiger partial charge >= 0.3 is 92.6 Å². The molecule has 0 N–H and O–H groups in total. The van der Waals surface area contributed by atoms with Gasteiger partial charge in [-0.05, 0) is 0 Å². The average molecular weight is 287 g/mol. The topological polar surface area (TPSA) is 3.24 Å². The first-order chi connectivity index (χ1) is 6.07.